The highest BCUT2D eigenvalue weighted by atomic mass is 79.9. The predicted molar refractivity (Wildman–Crippen MR) is 82.6 cm³/mol. The maximum Gasteiger partial charge on any atom is 0.227 e. The first-order valence-electron chi connectivity index (χ1n) is 6.39. The summed E-state index contributed by atoms with van der Waals surface area (Å²) in [6.45, 7) is 0.354. The Hall–Kier alpha value is -2.00. The van der Waals surface area contributed by atoms with Gasteiger partial charge in [0.25, 0.3) is 0 Å². The smallest absolute Gasteiger partial charge is 0.227 e. The molecule has 0 fully saturated rings. The van der Waals surface area contributed by atoms with Gasteiger partial charge in [-0.2, -0.15) is 4.57 Å². The number of Topliss-reactive ketones (excluding diaryl/α,β-unsaturated/α-hetero) is 1. The lowest BCUT2D eigenvalue weighted by atomic mass is 10.1. The van der Waals surface area contributed by atoms with E-state index in [9.17, 15) is 4.79 Å². The Morgan fingerprint density at radius 3 is 2.60 bits per heavy atom. The van der Waals surface area contributed by atoms with E-state index in [1.54, 1.807) is 0 Å². The van der Waals surface area contributed by atoms with E-state index in [-0.39, 0.29) is 5.78 Å². The molecule has 0 amide bonds. The minimum absolute atomic E-state index is 0.116. The maximum absolute atomic E-state index is 12.2. The molecule has 2 aromatic carbocycles. The van der Waals surface area contributed by atoms with Crippen molar-refractivity contribution in [2.75, 3.05) is 0 Å². The van der Waals surface area contributed by atoms with Crippen molar-refractivity contribution >= 4 is 32.5 Å². The summed E-state index contributed by atoms with van der Waals surface area (Å²) in [4.78, 5) is 12.2. The summed E-state index contributed by atoms with van der Waals surface area (Å²) in [7, 11) is 0. The zero-order valence-corrected chi connectivity index (χ0v) is 12.4. The van der Waals surface area contributed by atoms with Crippen molar-refractivity contribution in [3.05, 3.63) is 77.0 Å². The summed E-state index contributed by atoms with van der Waals surface area (Å²) in [6.07, 6.45) is 3.94. The Bertz CT molecular complexity index is 768. The molecule has 0 spiro atoms. The molecule has 0 saturated carbocycles. The van der Waals surface area contributed by atoms with Gasteiger partial charge in [-0.05, 0) is 17.5 Å². The van der Waals surface area contributed by atoms with Gasteiger partial charge in [-0.3, -0.25) is 4.79 Å². The van der Waals surface area contributed by atoms with Gasteiger partial charge in [-0.1, -0.05) is 52.3 Å². The molecule has 0 aliphatic rings. The number of halogens is 1. The highest BCUT2D eigenvalue weighted by Gasteiger charge is 2.12. The van der Waals surface area contributed by atoms with Gasteiger partial charge in [0.1, 0.15) is 0 Å². The fourth-order valence-electron chi connectivity index (χ4n) is 2.19. The maximum atomic E-state index is 12.2. The number of ketones is 1. The van der Waals surface area contributed by atoms with Gasteiger partial charge in [0.15, 0.2) is 12.4 Å². The molecule has 0 atom stereocenters. The minimum Gasteiger partial charge on any atom is -0.287 e. The molecule has 0 radical (unpaired) electrons. The van der Waals surface area contributed by atoms with Crippen molar-refractivity contribution in [3.8, 4) is 0 Å². The van der Waals surface area contributed by atoms with Crippen LogP contribution >= 0.6 is 15.9 Å². The van der Waals surface area contributed by atoms with Crippen LogP contribution in [0.15, 0.2) is 71.5 Å². The van der Waals surface area contributed by atoms with Crippen LogP contribution in [0.5, 0.6) is 0 Å². The molecule has 1 heterocycles. The summed E-state index contributed by atoms with van der Waals surface area (Å²) < 4.78 is 2.96. The average Bonchev–Trinajstić information content (AvgIpc) is 2.47. The number of hydrogen-bond donors (Lipinski definition) is 0. The zero-order valence-electron chi connectivity index (χ0n) is 10.8. The largest absolute Gasteiger partial charge is 0.287 e. The number of carbonyl (C=O) groups excluding carboxylic acids is 1. The van der Waals surface area contributed by atoms with Crippen molar-refractivity contribution in [1.82, 2.24) is 0 Å². The van der Waals surface area contributed by atoms with Crippen LogP contribution in [0, 0.1) is 0 Å². The lowest BCUT2D eigenvalue weighted by Crippen LogP contribution is -2.37. The van der Waals surface area contributed by atoms with Crippen molar-refractivity contribution in [1.29, 1.82) is 0 Å². The van der Waals surface area contributed by atoms with E-state index >= 15 is 0 Å². The fraction of sp³-hybridized carbons (Fsp3) is 0.0588. The first-order chi connectivity index (χ1) is 9.72. The normalized spacial score (nSPS) is 10.7. The molecule has 20 heavy (non-hydrogen) atoms. The van der Waals surface area contributed by atoms with Gasteiger partial charge in [-0.25, -0.2) is 0 Å². The Kier molecular flexibility index (Phi) is 3.61. The number of pyridine rings is 1. The number of fused-ring (bicyclic) bond motifs is 1. The second-order valence-corrected chi connectivity index (χ2v) is 5.60. The molecule has 1 aromatic heterocycles. The fourth-order valence-corrected chi connectivity index (χ4v) is 2.57. The molecule has 0 saturated heterocycles. The second-order valence-electron chi connectivity index (χ2n) is 4.68. The number of aromatic nitrogens is 1. The molecule has 98 valence electrons. The van der Waals surface area contributed by atoms with E-state index in [4.69, 9.17) is 0 Å². The van der Waals surface area contributed by atoms with Crippen LogP contribution in [0.2, 0.25) is 0 Å². The third-order valence-electron chi connectivity index (χ3n) is 3.22. The topological polar surface area (TPSA) is 20.9 Å². The van der Waals surface area contributed by atoms with Crippen LogP contribution in [0.25, 0.3) is 10.8 Å². The summed E-state index contributed by atoms with van der Waals surface area (Å²) >= 11 is 3.47. The molecular formula is C17H13BrNO+. The van der Waals surface area contributed by atoms with Gasteiger partial charge in [0.05, 0.1) is 0 Å². The number of carbonyl (C=O) groups is 1. The third kappa shape index (κ3) is 2.78. The zero-order chi connectivity index (χ0) is 13.9. The van der Waals surface area contributed by atoms with Gasteiger partial charge in [0.2, 0.25) is 12.3 Å². The van der Waals surface area contributed by atoms with Gasteiger partial charge in [0, 0.05) is 21.5 Å². The van der Waals surface area contributed by atoms with E-state index in [1.165, 1.54) is 0 Å². The van der Waals surface area contributed by atoms with Gasteiger partial charge in [-0.15, -0.1) is 0 Å². The summed E-state index contributed by atoms with van der Waals surface area (Å²) in [5.74, 6) is 0.116. The molecule has 0 N–H and O–H groups in total. The van der Waals surface area contributed by atoms with E-state index in [1.807, 2.05) is 59.4 Å². The van der Waals surface area contributed by atoms with E-state index in [0.717, 1.165) is 20.8 Å². The van der Waals surface area contributed by atoms with Crippen LogP contribution in [0.3, 0.4) is 0 Å². The second kappa shape index (κ2) is 5.55. The average molecular weight is 327 g/mol. The summed E-state index contributed by atoms with van der Waals surface area (Å²) in [6, 6.07) is 17.5. The Morgan fingerprint density at radius 1 is 1.00 bits per heavy atom. The third-order valence-corrected chi connectivity index (χ3v) is 3.71. The van der Waals surface area contributed by atoms with Crippen molar-refractivity contribution in [2.24, 2.45) is 0 Å². The van der Waals surface area contributed by atoms with Crippen LogP contribution in [-0.4, -0.2) is 5.78 Å². The molecular weight excluding hydrogens is 314 g/mol. The number of nitrogens with zero attached hydrogens (tertiary/aromatic N) is 1. The molecule has 0 aliphatic heterocycles. The van der Waals surface area contributed by atoms with Crippen LogP contribution in [0.4, 0.5) is 0 Å². The molecule has 3 aromatic rings. The van der Waals surface area contributed by atoms with Crippen LogP contribution < -0.4 is 4.57 Å². The first kappa shape index (κ1) is 13.0. The Labute approximate surface area is 125 Å². The lowest BCUT2D eigenvalue weighted by Gasteiger charge is -2.00. The van der Waals surface area contributed by atoms with Gasteiger partial charge < -0.3 is 0 Å². The van der Waals surface area contributed by atoms with Gasteiger partial charge >= 0.3 is 0 Å². The summed E-state index contributed by atoms with van der Waals surface area (Å²) in [5, 5.41) is 2.28. The summed E-state index contributed by atoms with van der Waals surface area (Å²) in [5.41, 5.74) is 0.745. The lowest BCUT2D eigenvalue weighted by molar-refractivity contribution is -0.681. The van der Waals surface area contributed by atoms with Crippen molar-refractivity contribution < 1.29 is 9.36 Å². The number of rotatable bonds is 3. The standard InChI is InChI=1S/C17H13BrNO/c18-16-7-6-13-8-9-19(11-15(13)10-16)12-17(20)14-4-2-1-3-5-14/h1-11H,12H2/q+1. The van der Waals surface area contributed by atoms with E-state index in [2.05, 4.69) is 28.1 Å². The molecule has 2 nitrogen and oxygen atoms in total. The Balaban J connectivity index is 1.89. The molecule has 0 unspecified atom stereocenters. The van der Waals surface area contributed by atoms with E-state index in [0.29, 0.717) is 6.54 Å². The highest BCUT2D eigenvalue weighted by molar-refractivity contribution is 9.10. The molecule has 3 heteroatoms. The molecule has 0 aliphatic carbocycles. The van der Waals surface area contributed by atoms with E-state index < -0.39 is 0 Å². The first-order valence-corrected chi connectivity index (χ1v) is 7.18. The van der Waals surface area contributed by atoms with Crippen molar-refractivity contribution in [3.63, 3.8) is 0 Å². The monoisotopic (exact) mass is 326 g/mol. The van der Waals surface area contributed by atoms with Crippen LogP contribution in [0.1, 0.15) is 10.4 Å². The predicted octanol–water partition coefficient (Wildman–Crippen LogP) is 3.77. The SMILES string of the molecule is O=C(C[n+]1ccc2ccc(Br)cc2c1)c1ccccc1. The number of hydrogen-bond acceptors (Lipinski definition) is 1. The van der Waals surface area contributed by atoms with Crippen LogP contribution in [-0.2, 0) is 6.54 Å². The molecule has 3 rings (SSSR count). The highest BCUT2D eigenvalue weighted by Crippen LogP contribution is 2.17. The molecule has 0 bridgehead atoms. The van der Waals surface area contributed by atoms with Crippen molar-refractivity contribution in [2.45, 2.75) is 6.54 Å². The number of benzene rings is 2. The quantitative estimate of drug-likeness (QED) is 0.530. The minimum atomic E-state index is 0.116. The Morgan fingerprint density at radius 2 is 1.80 bits per heavy atom.